The molecule has 0 saturated carbocycles. The van der Waals surface area contributed by atoms with Crippen molar-refractivity contribution in [2.45, 2.75) is 25.4 Å². The van der Waals surface area contributed by atoms with Crippen LogP contribution < -0.4 is 5.73 Å². The number of hydrogen-bond donors (Lipinski definition) is 1. The number of benzene rings is 1. The van der Waals surface area contributed by atoms with Gasteiger partial charge in [0.2, 0.25) is 0 Å². The maximum absolute atomic E-state index is 13.3. The van der Waals surface area contributed by atoms with Crippen molar-refractivity contribution in [1.29, 1.82) is 0 Å². The van der Waals surface area contributed by atoms with E-state index < -0.39 is 0 Å². The summed E-state index contributed by atoms with van der Waals surface area (Å²) < 4.78 is 13.3. The Morgan fingerprint density at radius 1 is 1.53 bits per heavy atom. The molecular formula is C14H20FN3O. The molecule has 0 aromatic heterocycles. The Morgan fingerprint density at radius 3 is 2.89 bits per heavy atom. The molecule has 2 amide bonds. The van der Waals surface area contributed by atoms with E-state index in [9.17, 15) is 9.18 Å². The lowest BCUT2D eigenvalue weighted by Gasteiger charge is -2.18. The van der Waals surface area contributed by atoms with Gasteiger partial charge in [-0.05, 0) is 31.0 Å². The molecule has 2 unspecified atom stereocenters. The molecule has 0 radical (unpaired) electrons. The zero-order valence-corrected chi connectivity index (χ0v) is 11.3. The van der Waals surface area contributed by atoms with Crippen molar-refractivity contribution in [3.63, 3.8) is 0 Å². The lowest BCUT2D eigenvalue weighted by atomic mass is 10.1. The van der Waals surface area contributed by atoms with Crippen molar-refractivity contribution in [2.24, 2.45) is 5.73 Å². The standard InChI is InChI=1S/C14H20FN3O/c1-10(16)6-7-18-9-13(17(2)14(18)19)11-4-3-5-12(15)8-11/h3-5,8,10,13H,6-7,9,16H2,1-2H3. The van der Waals surface area contributed by atoms with Gasteiger partial charge in [0.05, 0.1) is 6.04 Å². The molecule has 0 aliphatic carbocycles. The fraction of sp³-hybridized carbons (Fsp3) is 0.500. The first-order valence-corrected chi connectivity index (χ1v) is 6.52. The van der Waals surface area contributed by atoms with Crippen molar-refractivity contribution in [3.8, 4) is 0 Å². The second-order valence-electron chi connectivity index (χ2n) is 5.18. The number of halogens is 1. The van der Waals surface area contributed by atoms with E-state index in [0.29, 0.717) is 13.1 Å². The predicted molar refractivity (Wildman–Crippen MR) is 72.1 cm³/mol. The molecule has 1 saturated heterocycles. The number of urea groups is 1. The Hall–Kier alpha value is -1.62. The topological polar surface area (TPSA) is 49.6 Å². The van der Waals surface area contributed by atoms with Gasteiger partial charge in [-0.15, -0.1) is 0 Å². The summed E-state index contributed by atoms with van der Waals surface area (Å²) >= 11 is 0. The molecule has 4 nitrogen and oxygen atoms in total. The van der Waals surface area contributed by atoms with Gasteiger partial charge in [-0.25, -0.2) is 9.18 Å². The van der Waals surface area contributed by atoms with Crippen molar-refractivity contribution >= 4 is 6.03 Å². The van der Waals surface area contributed by atoms with Gasteiger partial charge >= 0.3 is 6.03 Å². The van der Waals surface area contributed by atoms with E-state index in [1.807, 2.05) is 13.0 Å². The minimum absolute atomic E-state index is 0.0186. The van der Waals surface area contributed by atoms with Gasteiger partial charge in [0, 0.05) is 26.2 Å². The Balaban J connectivity index is 2.10. The summed E-state index contributed by atoms with van der Waals surface area (Å²) in [6.07, 6.45) is 0.773. The van der Waals surface area contributed by atoms with E-state index in [0.717, 1.165) is 12.0 Å². The van der Waals surface area contributed by atoms with Crippen molar-refractivity contribution in [2.75, 3.05) is 20.1 Å². The van der Waals surface area contributed by atoms with Gasteiger partial charge in [0.15, 0.2) is 0 Å². The molecule has 0 bridgehead atoms. The summed E-state index contributed by atoms with van der Waals surface area (Å²) in [5, 5.41) is 0. The Labute approximate surface area is 113 Å². The molecule has 104 valence electrons. The highest BCUT2D eigenvalue weighted by Gasteiger charge is 2.35. The van der Waals surface area contributed by atoms with Gasteiger partial charge in [-0.2, -0.15) is 0 Å². The summed E-state index contributed by atoms with van der Waals surface area (Å²) in [4.78, 5) is 15.5. The number of nitrogens with two attached hydrogens (primary N) is 1. The highest BCUT2D eigenvalue weighted by molar-refractivity contribution is 5.77. The lowest BCUT2D eigenvalue weighted by Crippen LogP contribution is -2.32. The van der Waals surface area contributed by atoms with Crippen LogP contribution in [-0.2, 0) is 0 Å². The monoisotopic (exact) mass is 265 g/mol. The van der Waals surface area contributed by atoms with Crippen molar-refractivity contribution in [3.05, 3.63) is 35.6 Å². The first kappa shape index (κ1) is 13.8. The number of rotatable bonds is 4. The SMILES string of the molecule is CC(N)CCN1CC(c2cccc(F)c2)N(C)C1=O. The van der Waals surface area contributed by atoms with Crippen LogP contribution in [0.3, 0.4) is 0 Å². The van der Waals surface area contributed by atoms with E-state index in [4.69, 9.17) is 5.73 Å². The minimum atomic E-state index is -0.271. The first-order valence-electron chi connectivity index (χ1n) is 6.52. The number of amides is 2. The maximum Gasteiger partial charge on any atom is 0.320 e. The molecule has 1 aliphatic rings. The zero-order chi connectivity index (χ0) is 14.0. The molecule has 1 heterocycles. The van der Waals surface area contributed by atoms with Crippen LogP contribution in [0, 0.1) is 5.82 Å². The number of nitrogens with zero attached hydrogens (tertiary/aromatic N) is 2. The van der Waals surface area contributed by atoms with E-state index in [1.165, 1.54) is 12.1 Å². The number of carbonyl (C=O) groups is 1. The first-order chi connectivity index (χ1) is 8.99. The summed E-state index contributed by atoms with van der Waals surface area (Å²) in [7, 11) is 1.75. The van der Waals surface area contributed by atoms with E-state index in [2.05, 4.69) is 0 Å². The number of carbonyl (C=O) groups excluding carboxylic acids is 1. The Bertz CT molecular complexity index is 464. The number of hydrogen-bond acceptors (Lipinski definition) is 2. The second-order valence-corrected chi connectivity index (χ2v) is 5.18. The van der Waals surface area contributed by atoms with Crippen LogP contribution >= 0.6 is 0 Å². The molecular weight excluding hydrogens is 245 g/mol. The average molecular weight is 265 g/mol. The highest BCUT2D eigenvalue weighted by atomic mass is 19.1. The van der Waals surface area contributed by atoms with Gasteiger partial charge in [0.25, 0.3) is 0 Å². The lowest BCUT2D eigenvalue weighted by molar-refractivity contribution is 0.194. The second kappa shape index (κ2) is 5.57. The third-order valence-electron chi connectivity index (χ3n) is 3.52. The smallest absolute Gasteiger partial charge is 0.320 e. The van der Waals surface area contributed by atoms with Crippen LogP contribution in [0.4, 0.5) is 9.18 Å². The highest BCUT2D eigenvalue weighted by Crippen LogP contribution is 2.28. The molecule has 0 spiro atoms. The van der Waals surface area contributed by atoms with Crippen LogP contribution in [0.2, 0.25) is 0 Å². The molecule has 2 N–H and O–H groups in total. The molecule has 19 heavy (non-hydrogen) atoms. The fourth-order valence-electron chi connectivity index (χ4n) is 2.35. The van der Waals surface area contributed by atoms with Crippen LogP contribution in [0.25, 0.3) is 0 Å². The molecule has 1 aliphatic heterocycles. The normalized spacial score (nSPS) is 21.1. The Kier molecular flexibility index (Phi) is 4.04. The van der Waals surface area contributed by atoms with Crippen molar-refractivity contribution < 1.29 is 9.18 Å². The summed E-state index contributed by atoms with van der Waals surface area (Å²) in [5.74, 6) is -0.271. The molecule has 2 rings (SSSR count). The third kappa shape index (κ3) is 3.04. The number of likely N-dealkylation sites (N-methyl/N-ethyl adjacent to an activating group) is 1. The van der Waals surface area contributed by atoms with Gasteiger partial charge in [0.1, 0.15) is 5.82 Å². The van der Waals surface area contributed by atoms with Crippen LogP contribution in [0.5, 0.6) is 0 Å². The molecule has 1 fully saturated rings. The summed E-state index contributed by atoms with van der Waals surface area (Å²) in [6.45, 7) is 3.16. The summed E-state index contributed by atoms with van der Waals surface area (Å²) in [5.41, 5.74) is 6.55. The van der Waals surface area contributed by atoms with Gasteiger partial charge < -0.3 is 15.5 Å². The van der Waals surface area contributed by atoms with Crippen LogP contribution in [0.1, 0.15) is 24.9 Å². The minimum Gasteiger partial charge on any atom is -0.328 e. The quantitative estimate of drug-likeness (QED) is 0.905. The molecule has 2 atom stereocenters. The fourth-order valence-corrected chi connectivity index (χ4v) is 2.35. The van der Waals surface area contributed by atoms with Crippen molar-refractivity contribution in [1.82, 2.24) is 9.80 Å². The van der Waals surface area contributed by atoms with E-state index in [-0.39, 0.29) is 23.9 Å². The predicted octanol–water partition coefficient (Wildman–Crippen LogP) is 1.97. The molecule has 1 aromatic rings. The molecule has 1 aromatic carbocycles. The van der Waals surface area contributed by atoms with E-state index in [1.54, 1.807) is 22.9 Å². The Morgan fingerprint density at radius 2 is 2.26 bits per heavy atom. The summed E-state index contributed by atoms with van der Waals surface area (Å²) in [6, 6.07) is 6.40. The molecule has 5 heteroatoms. The van der Waals surface area contributed by atoms with Gasteiger partial charge in [-0.1, -0.05) is 12.1 Å². The largest absolute Gasteiger partial charge is 0.328 e. The van der Waals surface area contributed by atoms with Crippen LogP contribution in [-0.4, -0.2) is 42.0 Å². The third-order valence-corrected chi connectivity index (χ3v) is 3.52. The maximum atomic E-state index is 13.3. The van der Waals surface area contributed by atoms with E-state index >= 15 is 0 Å². The zero-order valence-electron chi connectivity index (χ0n) is 11.3. The van der Waals surface area contributed by atoms with Gasteiger partial charge in [-0.3, -0.25) is 0 Å². The average Bonchev–Trinajstić information content (AvgIpc) is 2.64. The van der Waals surface area contributed by atoms with Crippen LogP contribution in [0.15, 0.2) is 24.3 Å².